The fourth-order valence-electron chi connectivity index (χ4n) is 2.27. The molecule has 1 aliphatic rings. The van der Waals surface area contributed by atoms with Gasteiger partial charge in [0.1, 0.15) is 5.75 Å². The Morgan fingerprint density at radius 1 is 1.27 bits per heavy atom. The lowest BCUT2D eigenvalue weighted by atomic mass is 10.2. The van der Waals surface area contributed by atoms with Crippen LogP contribution >= 0.6 is 11.6 Å². The third-order valence-electron chi connectivity index (χ3n) is 3.55. The van der Waals surface area contributed by atoms with E-state index in [2.05, 4.69) is 26.9 Å². The van der Waals surface area contributed by atoms with E-state index in [0.29, 0.717) is 0 Å². The van der Waals surface area contributed by atoms with Crippen molar-refractivity contribution in [3.63, 3.8) is 0 Å². The number of nitrogens with zero attached hydrogens (tertiary/aromatic N) is 2. The van der Waals surface area contributed by atoms with Crippen molar-refractivity contribution in [3.8, 4) is 5.75 Å². The zero-order valence-corrected chi connectivity index (χ0v) is 16.0. The highest BCUT2D eigenvalue weighted by atomic mass is 35.5. The monoisotopic (exact) mass is 391 g/mol. The summed E-state index contributed by atoms with van der Waals surface area (Å²) in [6.45, 7) is 7.92. The Bertz CT molecular complexity index is 595. The maximum atomic E-state index is 11.6. The highest BCUT2D eigenvalue weighted by Crippen LogP contribution is 2.22. The summed E-state index contributed by atoms with van der Waals surface area (Å²) in [7, 11) is 1.78. The quantitative estimate of drug-likeness (QED) is 0.775. The number of ether oxygens (including phenoxy) is 1. The van der Waals surface area contributed by atoms with Gasteiger partial charge in [-0.2, -0.15) is 0 Å². The van der Waals surface area contributed by atoms with E-state index in [1.807, 2.05) is 6.21 Å². The zero-order valence-electron chi connectivity index (χ0n) is 15.2. The average molecular weight is 392 g/mol. The van der Waals surface area contributed by atoms with Gasteiger partial charge in [-0.3, -0.25) is 4.99 Å². The number of aryl methyl sites for hydroxylation is 1. The van der Waals surface area contributed by atoms with Gasteiger partial charge in [-0.25, -0.2) is 0 Å². The molecule has 0 amide bonds. The highest BCUT2D eigenvalue weighted by molar-refractivity contribution is 6.31. The number of halogens is 4. The normalized spacial score (nSPS) is 16.0. The summed E-state index contributed by atoms with van der Waals surface area (Å²) in [4.78, 5) is 6.34. The summed E-state index contributed by atoms with van der Waals surface area (Å²) in [5, 5.41) is 4.22. The molecule has 1 heterocycles. The first kappa shape index (κ1) is 22.3. The molecular weight excluding hydrogens is 367 g/mol. The fraction of sp³-hybridized carbons (Fsp3) is 0.500. The van der Waals surface area contributed by atoms with E-state index in [4.69, 9.17) is 11.6 Å². The molecule has 1 aliphatic heterocycles. The zero-order chi connectivity index (χ0) is 19.6. The molecule has 1 aromatic carbocycles. The van der Waals surface area contributed by atoms with Crippen LogP contribution in [-0.2, 0) is 0 Å². The number of hydrogen-bond acceptors (Lipinski definition) is 4. The Kier molecular flexibility index (Phi) is 9.51. The van der Waals surface area contributed by atoms with Crippen LogP contribution in [0.3, 0.4) is 0 Å². The molecule has 8 heteroatoms. The van der Waals surface area contributed by atoms with Crippen molar-refractivity contribution in [3.05, 3.63) is 40.6 Å². The third-order valence-corrected chi connectivity index (χ3v) is 4.01. The maximum absolute atomic E-state index is 11.6. The number of aliphatic imine (C=N–C) groups is 1. The van der Waals surface area contributed by atoms with Crippen LogP contribution in [0.2, 0.25) is 0 Å². The van der Waals surface area contributed by atoms with Crippen molar-refractivity contribution in [1.82, 2.24) is 10.2 Å². The Hall–Kier alpha value is -1.73. The van der Waals surface area contributed by atoms with Gasteiger partial charge in [-0.1, -0.05) is 36.2 Å². The molecule has 26 heavy (non-hydrogen) atoms. The molecule has 1 fully saturated rings. The molecular formula is C18H25ClF3N3O. The number of alkyl halides is 3. The predicted octanol–water partition coefficient (Wildman–Crippen LogP) is 4.35. The van der Waals surface area contributed by atoms with Crippen molar-refractivity contribution in [2.24, 2.45) is 4.99 Å². The number of allylic oxidation sites excluding steroid dienone is 2. The van der Waals surface area contributed by atoms with Crippen LogP contribution in [0.15, 0.2) is 40.0 Å². The number of piperazine rings is 1. The molecule has 0 radical (unpaired) electrons. The first-order chi connectivity index (χ1) is 12.3. The van der Waals surface area contributed by atoms with Crippen molar-refractivity contribution in [2.75, 3.05) is 33.2 Å². The summed E-state index contributed by atoms with van der Waals surface area (Å²) < 4.78 is 38.5. The fourth-order valence-corrected chi connectivity index (χ4v) is 2.44. The Labute approximate surface area is 157 Å². The molecule has 0 saturated carbocycles. The summed E-state index contributed by atoms with van der Waals surface area (Å²) in [6.07, 6.45) is -1.88. The standard InChI is InChI=1S/C10H18ClN3.C8H7F3O/c1-3-9(11)10(8-12-2)14-6-4-13-5-7-14;1-6-2-4-7(5-3-6)12-8(9,10)11/h8,13H,3-7H2,1-2H3;2-5H,1H3/b10-9-,12-8?;. The van der Waals surface area contributed by atoms with Gasteiger partial charge in [0, 0.05) is 44.5 Å². The van der Waals surface area contributed by atoms with Gasteiger partial charge in [0.15, 0.2) is 0 Å². The van der Waals surface area contributed by atoms with Gasteiger partial charge < -0.3 is 15.0 Å². The second-order valence-electron chi connectivity index (χ2n) is 5.63. The van der Waals surface area contributed by atoms with Gasteiger partial charge in [-0.05, 0) is 25.5 Å². The minimum Gasteiger partial charge on any atom is -0.406 e. The molecule has 1 saturated heterocycles. The molecule has 0 bridgehead atoms. The summed E-state index contributed by atoms with van der Waals surface area (Å²) in [6, 6.07) is 5.67. The molecule has 0 atom stereocenters. The largest absolute Gasteiger partial charge is 0.573 e. The van der Waals surface area contributed by atoms with E-state index in [-0.39, 0.29) is 5.75 Å². The molecule has 2 rings (SSSR count). The molecule has 0 aliphatic carbocycles. The molecule has 1 aromatic rings. The molecule has 0 spiro atoms. The molecule has 4 nitrogen and oxygen atoms in total. The van der Waals surface area contributed by atoms with Gasteiger partial charge in [0.2, 0.25) is 0 Å². The van der Waals surface area contributed by atoms with E-state index in [0.717, 1.165) is 48.9 Å². The van der Waals surface area contributed by atoms with E-state index in [1.165, 1.54) is 12.1 Å². The minimum atomic E-state index is -4.60. The van der Waals surface area contributed by atoms with Crippen LogP contribution in [0, 0.1) is 6.92 Å². The topological polar surface area (TPSA) is 36.9 Å². The van der Waals surface area contributed by atoms with Crippen molar-refractivity contribution < 1.29 is 17.9 Å². The van der Waals surface area contributed by atoms with Gasteiger partial charge in [0.25, 0.3) is 0 Å². The van der Waals surface area contributed by atoms with Crippen LogP contribution in [-0.4, -0.2) is 50.7 Å². The number of rotatable bonds is 4. The van der Waals surface area contributed by atoms with E-state index >= 15 is 0 Å². The second-order valence-corrected chi connectivity index (χ2v) is 6.09. The molecule has 0 unspecified atom stereocenters. The molecule has 0 aromatic heterocycles. The van der Waals surface area contributed by atoms with Gasteiger partial charge >= 0.3 is 6.36 Å². The summed E-state index contributed by atoms with van der Waals surface area (Å²) in [5.41, 5.74) is 1.97. The average Bonchev–Trinajstić information content (AvgIpc) is 2.61. The van der Waals surface area contributed by atoms with Crippen molar-refractivity contribution in [2.45, 2.75) is 26.6 Å². The molecule has 1 N–H and O–H groups in total. The van der Waals surface area contributed by atoms with Gasteiger partial charge in [0.05, 0.1) is 5.70 Å². The lowest BCUT2D eigenvalue weighted by molar-refractivity contribution is -0.274. The summed E-state index contributed by atoms with van der Waals surface area (Å²) >= 11 is 6.17. The van der Waals surface area contributed by atoms with Crippen LogP contribution < -0.4 is 10.1 Å². The minimum absolute atomic E-state index is 0.187. The number of benzene rings is 1. The predicted molar refractivity (Wildman–Crippen MR) is 99.9 cm³/mol. The third kappa shape index (κ3) is 8.58. The molecule has 146 valence electrons. The van der Waals surface area contributed by atoms with Gasteiger partial charge in [-0.15, -0.1) is 13.2 Å². The Balaban J connectivity index is 0.000000263. The Morgan fingerprint density at radius 3 is 2.31 bits per heavy atom. The smallest absolute Gasteiger partial charge is 0.406 e. The first-order valence-corrected chi connectivity index (χ1v) is 8.73. The summed E-state index contributed by atoms with van der Waals surface area (Å²) in [5.74, 6) is -0.187. The van der Waals surface area contributed by atoms with Crippen molar-refractivity contribution in [1.29, 1.82) is 0 Å². The lowest BCUT2D eigenvalue weighted by Gasteiger charge is -2.30. The first-order valence-electron chi connectivity index (χ1n) is 8.35. The lowest BCUT2D eigenvalue weighted by Crippen LogP contribution is -2.43. The van der Waals surface area contributed by atoms with Crippen LogP contribution in [0.25, 0.3) is 0 Å². The number of nitrogens with one attached hydrogen (secondary N) is 1. The Morgan fingerprint density at radius 2 is 1.85 bits per heavy atom. The van der Waals surface area contributed by atoms with E-state index in [9.17, 15) is 13.2 Å². The van der Waals surface area contributed by atoms with Crippen LogP contribution in [0.4, 0.5) is 13.2 Å². The van der Waals surface area contributed by atoms with E-state index in [1.54, 1.807) is 26.1 Å². The number of hydrogen-bond donors (Lipinski definition) is 1. The second kappa shape index (κ2) is 11.1. The SMILES string of the molecule is CC/C(Cl)=C(\C=NC)N1CCNCC1.Cc1ccc(OC(F)(F)F)cc1. The van der Waals surface area contributed by atoms with Crippen molar-refractivity contribution >= 4 is 17.8 Å². The maximum Gasteiger partial charge on any atom is 0.573 e. The highest BCUT2D eigenvalue weighted by Gasteiger charge is 2.30. The van der Waals surface area contributed by atoms with Crippen LogP contribution in [0.5, 0.6) is 5.75 Å². The van der Waals surface area contributed by atoms with E-state index < -0.39 is 6.36 Å². The van der Waals surface area contributed by atoms with Crippen LogP contribution in [0.1, 0.15) is 18.9 Å².